The SMILES string of the molecule is CCOC1(OCC)C2(C)c3c(OC)cccc3C([n+]3ccccc32)C1(C)C.[O-][Cl+3]([O-])([O-])[O-]. The van der Waals surface area contributed by atoms with E-state index in [-0.39, 0.29) is 11.5 Å². The first-order valence-corrected chi connectivity index (χ1v) is 11.7. The van der Waals surface area contributed by atoms with Gasteiger partial charge >= 0.3 is 0 Å². The monoisotopic (exact) mass is 467 g/mol. The Morgan fingerprint density at radius 2 is 1.53 bits per heavy atom. The van der Waals surface area contributed by atoms with Crippen molar-refractivity contribution in [1.82, 2.24) is 0 Å². The van der Waals surface area contributed by atoms with E-state index in [0.717, 1.165) is 5.75 Å². The summed E-state index contributed by atoms with van der Waals surface area (Å²) in [5.74, 6) is 0.103. The maximum atomic E-state index is 8.49. The molecule has 2 unspecified atom stereocenters. The molecular weight excluding hydrogens is 438 g/mol. The highest BCUT2D eigenvalue weighted by molar-refractivity contribution is 5.57. The van der Waals surface area contributed by atoms with Crippen LogP contribution in [0.25, 0.3) is 0 Å². The zero-order valence-electron chi connectivity index (χ0n) is 19.2. The molecule has 2 aliphatic heterocycles. The molecule has 3 aliphatic rings. The smallest absolute Gasteiger partial charge is 0.199 e. The van der Waals surface area contributed by atoms with Gasteiger partial charge < -0.3 is 14.2 Å². The van der Waals surface area contributed by atoms with Gasteiger partial charge in [0.05, 0.1) is 12.5 Å². The quantitative estimate of drug-likeness (QED) is 0.418. The number of halogens is 1. The number of methoxy groups -OCH3 is 1. The molecule has 1 aromatic heterocycles. The molecule has 176 valence electrons. The number of aromatic nitrogens is 1. The fraction of sp³-hybridized carbons (Fsp3) is 0.522. The second-order valence-electron chi connectivity index (χ2n) is 8.53. The summed E-state index contributed by atoms with van der Waals surface area (Å²) in [4.78, 5) is 0. The summed E-state index contributed by atoms with van der Waals surface area (Å²) >= 11 is 0. The van der Waals surface area contributed by atoms with Crippen molar-refractivity contribution in [3.63, 3.8) is 0 Å². The highest BCUT2D eigenvalue weighted by Crippen LogP contribution is 2.66. The molecule has 0 amide bonds. The van der Waals surface area contributed by atoms with Crippen LogP contribution in [0, 0.1) is 15.7 Å². The van der Waals surface area contributed by atoms with Crippen LogP contribution in [0.1, 0.15) is 57.5 Å². The van der Waals surface area contributed by atoms with Crippen LogP contribution in [0.2, 0.25) is 0 Å². The van der Waals surface area contributed by atoms with Crippen molar-refractivity contribution < 1.29 is 47.7 Å². The summed E-state index contributed by atoms with van der Waals surface area (Å²) < 4.78 is 55.4. The summed E-state index contributed by atoms with van der Waals surface area (Å²) in [7, 11) is -3.20. The Balaban J connectivity index is 0.000000523. The van der Waals surface area contributed by atoms with E-state index in [4.69, 9.17) is 32.8 Å². The van der Waals surface area contributed by atoms with E-state index in [1.807, 2.05) is 19.9 Å². The van der Waals surface area contributed by atoms with Crippen molar-refractivity contribution in [2.45, 2.75) is 51.9 Å². The van der Waals surface area contributed by atoms with Gasteiger partial charge in [-0.15, -0.1) is 10.2 Å². The van der Waals surface area contributed by atoms with Crippen LogP contribution >= 0.6 is 0 Å². The lowest BCUT2D eigenvalue weighted by molar-refractivity contribution is -2.00. The molecule has 2 atom stereocenters. The summed E-state index contributed by atoms with van der Waals surface area (Å²) in [5.41, 5.74) is 2.88. The molecule has 2 aromatic rings. The average Bonchev–Trinajstić information content (AvgIpc) is 2.70. The minimum absolute atomic E-state index is 0.0960. The maximum Gasteiger partial charge on any atom is 0.199 e. The first-order valence-electron chi connectivity index (χ1n) is 10.5. The van der Waals surface area contributed by atoms with Gasteiger partial charge in [-0.05, 0) is 40.7 Å². The van der Waals surface area contributed by atoms with Gasteiger partial charge in [0.25, 0.3) is 0 Å². The van der Waals surface area contributed by atoms with Crippen LogP contribution in [0.15, 0.2) is 42.6 Å². The molecule has 0 saturated heterocycles. The molecule has 3 heterocycles. The Labute approximate surface area is 190 Å². The van der Waals surface area contributed by atoms with E-state index < -0.39 is 21.4 Å². The zero-order chi connectivity index (χ0) is 23.9. The first kappa shape index (κ1) is 24.9. The van der Waals surface area contributed by atoms with E-state index in [9.17, 15) is 0 Å². The number of pyridine rings is 1. The molecule has 5 rings (SSSR count). The number of benzene rings is 1. The molecule has 0 spiro atoms. The highest BCUT2D eigenvalue weighted by Gasteiger charge is 2.76. The van der Waals surface area contributed by atoms with Crippen LogP contribution in [0.3, 0.4) is 0 Å². The Kier molecular flexibility index (Phi) is 6.63. The van der Waals surface area contributed by atoms with Gasteiger partial charge in [0.1, 0.15) is 11.2 Å². The molecule has 1 aliphatic carbocycles. The van der Waals surface area contributed by atoms with Crippen LogP contribution < -0.4 is 27.9 Å². The number of hydrogen-bond acceptors (Lipinski definition) is 7. The summed E-state index contributed by atoms with van der Waals surface area (Å²) in [5, 5.41) is 0. The molecule has 0 fully saturated rings. The molecule has 32 heavy (non-hydrogen) atoms. The lowest BCUT2D eigenvalue weighted by Gasteiger charge is -2.62. The molecular formula is C23H30ClNO7. The van der Waals surface area contributed by atoms with Crippen LogP contribution in [-0.4, -0.2) is 26.1 Å². The summed E-state index contributed by atoms with van der Waals surface area (Å²) in [6.45, 7) is 12.1. The lowest BCUT2D eigenvalue weighted by atomic mass is 9.50. The van der Waals surface area contributed by atoms with Crippen molar-refractivity contribution in [1.29, 1.82) is 0 Å². The van der Waals surface area contributed by atoms with Crippen LogP contribution in [0.5, 0.6) is 5.75 Å². The summed E-state index contributed by atoms with van der Waals surface area (Å²) in [6, 6.07) is 12.9. The number of hydrogen-bond donors (Lipinski definition) is 0. The van der Waals surface area contributed by atoms with Gasteiger partial charge in [-0.1, -0.05) is 18.2 Å². The number of rotatable bonds is 5. The van der Waals surface area contributed by atoms with Gasteiger partial charge in [-0.25, -0.2) is 18.6 Å². The first-order chi connectivity index (χ1) is 14.9. The third-order valence-corrected chi connectivity index (χ3v) is 6.64. The molecule has 2 bridgehead atoms. The average molecular weight is 468 g/mol. The fourth-order valence-corrected chi connectivity index (χ4v) is 5.87. The molecule has 0 N–H and O–H groups in total. The van der Waals surface area contributed by atoms with E-state index >= 15 is 0 Å². The molecule has 0 saturated carbocycles. The van der Waals surface area contributed by atoms with Gasteiger partial charge in [-0.2, -0.15) is 4.57 Å². The molecule has 9 heteroatoms. The predicted molar refractivity (Wildman–Crippen MR) is 104 cm³/mol. The van der Waals surface area contributed by atoms with Crippen molar-refractivity contribution in [3.05, 3.63) is 59.4 Å². The third kappa shape index (κ3) is 3.51. The lowest BCUT2D eigenvalue weighted by Crippen LogP contribution is -2.78. The van der Waals surface area contributed by atoms with Crippen molar-refractivity contribution in [2.75, 3.05) is 20.3 Å². The second kappa shape index (κ2) is 8.53. The van der Waals surface area contributed by atoms with Crippen molar-refractivity contribution in [3.8, 4) is 5.75 Å². The van der Waals surface area contributed by atoms with Gasteiger partial charge in [0.15, 0.2) is 23.7 Å². The van der Waals surface area contributed by atoms with Crippen molar-refractivity contribution >= 4 is 0 Å². The second-order valence-corrected chi connectivity index (χ2v) is 9.28. The van der Waals surface area contributed by atoms with E-state index in [0.29, 0.717) is 13.2 Å². The van der Waals surface area contributed by atoms with Crippen molar-refractivity contribution in [2.24, 2.45) is 5.41 Å². The number of fused-ring (bicyclic) bond motifs is 1. The normalized spacial score (nSPS) is 24.1. The Hall–Kier alpha value is -1.78. The van der Waals surface area contributed by atoms with E-state index in [2.05, 4.69) is 61.9 Å². The molecule has 0 radical (unpaired) electrons. The standard InChI is InChI=1S/C23H30NO3.ClHO4/c1-7-26-23(27-8-2)21(3,4)20-16-12-11-13-17(25-6)19(16)22(23,5)18-14-9-10-15-24(18)20;2-1(3,4)5/h9-15,20H,7-8H2,1-6H3;(H,2,3,4,5)/q+1;/p-1. The van der Waals surface area contributed by atoms with Crippen LogP contribution in [-0.2, 0) is 14.9 Å². The minimum atomic E-state index is -4.94. The van der Waals surface area contributed by atoms with E-state index in [1.165, 1.54) is 16.8 Å². The Morgan fingerprint density at radius 3 is 2.06 bits per heavy atom. The number of ether oxygens (including phenoxy) is 3. The summed E-state index contributed by atoms with van der Waals surface area (Å²) in [6.07, 6.45) is 2.18. The maximum absolute atomic E-state index is 8.49. The van der Waals surface area contributed by atoms with Gasteiger partial charge in [-0.3, -0.25) is 0 Å². The molecule has 8 nitrogen and oxygen atoms in total. The fourth-order valence-electron chi connectivity index (χ4n) is 5.87. The largest absolute Gasteiger partial charge is 0.496 e. The van der Waals surface area contributed by atoms with Gasteiger partial charge in [0.2, 0.25) is 0 Å². The Bertz CT molecular complexity index is 963. The topological polar surface area (TPSA) is 124 Å². The van der Waals surface area contributed by atoms with E-state index in [1.54, 1.807) is 7.11 Å². The number of nitrogens with zero attached hydrogens (tertiary/aromatic N) is 1. The van der Waals surface area contributed by atoms with Gasteiger partial charge in [0, 0.05) is 36.5 Å². The predicted octanol–water partition coefficient (Wildman–Crippen LogP) is -0.755. The zero-order valence-corrected chi connectivity index (χ0v) is 20.0. The Morgan fingerprint density at radius 1 is 0.938 bits per heavy atom. The third-order valence-electron chi connectivity index (χ3n) is 6.64. The molecule has 1 aromatic carbocycles. The highest BCUT2D eigenvalue weighted by atomic mass is 35.7. The minimum Gasteiger partial charge on any atom is -0.496 e. The van der Waals surface area contributed by atoms with Crippen LogP contribution in [0.4, 0.5) is 0 Å².